The van der Waals surface area contributed by atoms with E-state index < -0.39 is 0 Å². The fourth-order valence-corrected chi connectivity index (χ4v) is 6.44. The first-order valence-electron chi connectivity index (χ1n) is 13.1. The summed E-state index contributed by atoms with van der Waals surface area (Å²) in [6.07, 6.45) is 11.8. The average molecular weight is 465 g/mol. The number of fused-ring (bicyclic) bond motifs is 1. The normalized spacial score (nSPS) is 23.0. The lowest BCUT2D eigenvalue weighted by Gasteiger charge is -2.32. The molecule has 0 bridgehead atoms. The summed E-state index contributed by atoms with van der Waals surface area (Å²) in [4.78, 5) is 14.9. The minimum Gasteiger partial charge on any atom is -0.335 e. The molecule has 34 heavy (non-hydrogen) atoms. The summed E-state index contributed by atoms with van der Waals surface area (Å²) in [5, 5.41) is 8.08. The summed E-state index contributed by atoms with van der Waals surface area (Å²) >= 11 is 0. The van der Waals surface area contributed by atoms with Crippen molar-refractivity contribution >= 4 is 6.03 Å². The van der Waals surface area contributed by atoms with Gasteiger partial charge in [0.25, 0.3) is 0 Å². The van der Waals surface area contributed by atoms with Gasteiger partial charge in [0.2, 0.25) is 0 Å². The van der Waals surface area contributed by atoms with Crippen LogP contribution in [-0.2, 0) is 6.42 Å². The second-order valence-corrected chi connectivity index (χ2v) is 10.3. The lowest BCUT2D eigenvalue weighted by molar-refractivity contribution is 0.180. The monoisotopic (exact) mass is 464 g/mol. The quantitative estimate of drug-likeness (QED) is 0.523. The van der Waals surface area contributed by atoms with Crippen molar-refractivity contribution in [2.24, 2.45) is 5.92 Å². The minimum absolute atomic E-state index is 0.130. The lowest BCUT2D eigenvalue weighted by atomic mass is 9.78. The highest BCUT2D eigenvalue weighted by molar-refractivity contribution is 5.74. The van der Waals surface area contributed by atoms with Gasteiger partial charge in [0.15, 0.2) is 0 Å². The van der Waals surface area contributed by atoms with Gasteiger partial charge >= 0.3 is 6.03 Å². The number of carbonyl (C=O) groups is 1. The number of benzene rings is 1. The van der Waals surface area contributed by atoms with E-state index in [0.717, 1.165) is 63.7 Å². The summed E-state index contributed by atoms with van der Waals surface area (Å²) < 4.78 is 15.4. The Hall–Kier alpha value is -2.63. The highest BCUT2D eigenvalue weighted by Crippen LogP contribution is 2.48. The van der Waals surface area contributed by atoms with Crippen molar-refractivity contribution < 1.29 is 9.18 Å². The number of piperidine rings is 1. The third-order valence-corrected chi connectivity index (χ3v) is 8.11. The van der Waals surface area contributed by atoms with Crippen molar-refractivity contribution in [1.82, 2.24) is 20.0 Å². The zero-order valence-corrected chi connectivity index (χ0v) is 20.5. The molecule has 5 rings (SSSR count). The van der Waals surface area contributed by atoms with Gasteiger partial charge in [-0.1, -0.05) is 31.4 Å². The number of nitrogens with one attached hydrogen (secondary N) is 1. The number of amides is 2. The zero-order chi connectivity index (χ0) is 23.7. The number of allylic oxidation sites excluding steroid dienone is 2. The molecule has 1 aromatic heterocycles. The van der Waals surface area contributed by atoms with Crippen LogP contribution in [0, 0.1) is 11.7 Å². The molecule has 2 amide bonds. The summed E-state index contributed by atoms with van der Waals surface area (Å²) in [6, 6.07) is 6.96. The Morgan fingerprint density at radius 1 is 1.21 bits per heavy atom. The molecule has 1 unspecified atom stereocenters. The molecule has 0 radical (unpaired) electrons. The largest absolute Gasteiger partial charge is 0.335 e. The van der Waals surface area contributed by atoms with E-state index in [-0.39, 0.29) is 17.9 Å². The van der Waals surface area contributed by atoms with Crippen LogP contribution in [0.15, 0.2) is 41.6 Å². The van der Waals surface area contributed by atoms with E-state index in [9.17, 15) is 9.18 Å². The van der Waals surface area contributed by atoms with Gasteiger partial charge in [0.05, 0.1) is 17.6 Å². The third-order valence-electron chi connectivity index (χ3n) is 8.11. The van der Waals surface area contributed by atoms with E-state index in [1.807, 2.05) is 15.8 Å². The van der Waals surface area contributed by atoms with Crippen LogP contribution in [0.5, 0.6) is 0 Å². The molecule has 3 aliphatic rings. The van der Waals surface area contributed by atoms with E-state index in [1.54, 1.807) is 23.3 Å². The Balaban J connectivity index is 1.31. The maximum absolute atomic E-state index is 13.4. The van der Waals surface area contributed by atoms with Crippen LogP contribution in [0.25, 0.3) is 5.69 Å². The average Bonchev–Trinajstić information content (AvgIpc) is 3.45. The Bertz CT molecular complexity index is 1050. The van der Waals surface area contributed by atoms with Crippen molar-refractivity contribution in [2.45, 2.75) is 83.6 Å². The van der Waals surface area contributed by atoms with Crippen molar-refractivity contribution in [3.05, 3.63) is 58.7 Å². The standard InChI is InChI=1S/C28H37FN4O/c1-3-7-23(31-28(34)32-14-5-4-6-15-32)16-20-8-9-21-17-26-25(19(2)27(20)21)18-30-33(26)24-12-10-22(29)11-13-24/h10-13,18-20,23H,3-9,14-17H2,1-2H3,(H,31,34)/t19-,20+,23?/m0/s1. The zero-order valence-electron chi connectivity index (χ0n) is 20.5. The number of aromatic nitrogens is 2. The first kappa shape index (κ1) is 23.1. The molecule has 2 aromatic rings. The maximum atomic E-state index is 13.4. The highest BCUT2D eigenvalue weighted by Gasteiger charge is 2.37. The second kappa shape index (κ2) is 9.93. The van der Waals surface area contributed by atoms with Crippen molar-refractivity contribution in [1.29, 1.82) is 0 Å². The molecular weight excluding hydrogens is 427 g/mol. The fourth-order valence-electron chi connectivity index (χ4n) is 6.44. The number of hydrogen-bond acceptors (Lipinski definition) is 2. The van der Waals surface area contributed by atoms with E-state index in [4.69, 9.17) is 0 Å². The van der Waals surface area contributed by atoms with Gasteiger partial charge in [0.1, 0.15) is 5.82 Å². The van der Waals surface area contributed by atoms with Crippen molar-refractivity contribution in [3.8, 4) is 5.69 Å². The fraction of sp³-hybridized carbons (Fsp3) is 0.571. The third kappa shape index (κ3) is 4.51. The molecular formula is C28H37FN4O. The highest BCUT2D eigenvalue weighted by atomic mass is 19.1. The molecule has 0 saturated carbocycles. The maximum Gasteiger partial charge on any atom is 0.317 e. The van der Waals surface area contributed by atoms with Crippen LogP contribution in [0.2, 0.25) is 0 Å². The van der Waals surface area contributed by atoms with Gasteiger partial charge in [-0.25, -0.2) is 13.9 Å². The molecule has 2 aliphatic carbocycles. The molecule has 0 spiro atoms. The number of nitrogens with zero attached hydrogens (tertiary/aromatic N) is 3. The number of urea groups is 1. The number of rotatable bonds is 6. The Morgan fingerprint density at radius 3 is 2.71 bits per heavy atom. The van der Waals surface area contributed by atoms with E-state index in [1.165, 1.54) is 36.2 Å². The number of likely N-dealkylation sites (tertiary alicyclic amines) is 1. The summed E-state index contributed by atoms with van der Waals surface area (Å²) in [6.45, 7) is 6.30. The summed E-state index contributed by atoms with van der Waals surface area (Å²) in [5.41, 5.74) is 6.57. The predicted molar refractivity (Wildman–Crippen MR) is 133 cm³/mol. The number of carbonyl (C=O) groups excluding carboxylic acids is 1. The van der Waals surface area contributed by atoms with E-state index in [2.05, 4.69) is 24.3 Å². The van der Waals surface area contributed by atoms with E-state index in [0.29, 0.717) is 11.8 Å². The van der Waals surface area contributed by atoms with Gasteiger partial charge in [-0.05, 0) is 75.1 Å². The Kier molecular flexibility index (Phi) is 6.75. The Labute approximate surface area is 202 Å². The van der Waals surface area contributed by atoms with Crippen molar-refractivity contribution in [3.63, 3.8) is 0 Å². The van der Waals surface area contributed by atoms with Crippen LogP contribution >= 0.6 is 0 Å². The molecule has 1 N–H and O–H groups in total. The van der Waals surface area contributed by atoms with Gasteiger partial charge in [-0.2, -0.15) is 5.10 Å². The first-order valence-corrected chi connectivity index (χ1v) is 13.1. The molecule has 5 nitrogen and oxygen atoms in total. The number of hydrogen-bond donors (Lipinski definition) is 1. The molecule has 6 heteroatoms. The van der Waals surface area contributed by atoms with Crippen LogP contribution in [0.3, 0.4) is 0 Å². The summed E-state index contributed by atoms with van der Waals surface area (Å²) in [5.74, 6) is 0.627. The van der Waals surface area contributed by atoms with Gasteiger partial charge in [0, 0.05) is 37.0 Å². The predicted octanol–water partition coefficient (Wildman–Crippen LogP) is 6.13. The molecule has 2 heterocycles. The van der Waals surface area contributed by atoms with Crippen molar-refractivity contribution in [2.75, 3.05) is 13.1 Å². The smallest absolute Gasteiger partial charge is 0.317 e. The number of halogens is 1. The van der Waals surface area contributed by atoms with Gasteiger partial charge < -0.3 is 10.2 Å². The molecule has 182 valence electrons. The second-order valence-electron chi connectivity index (χ2n) is 10.3. The molecule has 1 aromatic carbocycles. The first-order chi connectivity index (χ1) is 16.5. The summed E-state index contributed by atoms with van der Waals surface area (Å²) in [7, 11) is 0. The van der Waals surface area contributed by atoms with Crippen LogP contribution < -0.4 is 5.32 Å². The minimum atomic E-state index is -0.226. The van der Waals surface area contributed by atoms with Gasteiger partial charge in [-0.15, -0.1) is 0 Å². The lowest BCUT2D eigenvalue weighted by Crippen LogP contribution is -2.47. The van der Waals surface area contributed by atoms with Gasteiger partial charge in [-0.3, -0.25) is 0 Å². The van der Waals surface area contributed by atoms with Crippen LogP contribution in [0.4, 0.5) is 9.18 Å². The molecule has 1 saturated heterocycles. The van der Waals surface area contributed by atoms with Crippen LogP contribution in [-0.4, -0.2) is 39.8 Å². The molecule has 1 aliphatic heterocycles. The van der Waals surface area contributed by atoms with E-state index >= 15 is 0 Å². The molecule has 1 fully saturated rings. The Morgan fingerprint density at radius 2 is 1.97 bits per heavy atom. The SMILES string of the molecule is CCCC(C[C@H]1CCC2=C1[C@@H](C)c1cnn(-c3ccc(F)cc3)c1C2)NC(=O)N1CCCCC1. The van der Waals surface area contributed by atoms with Crippen LogP contribution in [0.1, 0.15) is 82.4 Å². The topological polar surface area (TPSA) is 50.2 Å². The molecule has 3 atom stereocenters.